The van der Waals surface area contributed by atoms with Crippen LogP contribution in [0.5, 0.6) is 0 Å². The maximum Gasteiger partial charge on any atom is 0.232 e. The number of aryl methyl sites for hydroxylation is 2. The monoisotopic (exact) mass is 368 g/mol. The molecule has 3 nitrogen and oxygen atoms in total. The molecular weight excluding hydrogens is 340 g/mol. The Hall–Kier alpha value is -1.78. The molecule has 1 aliphatic heterocycles. The molecule has 1 fully saturated rings. The Bertz CT molecular complexity index is 729. The van der Waals surface area contributed by atoms with Crippen LogP contribution in [0.15, 0.2) is 53.4 Å². The lowest BCUT2D eigenvalue weighted by molar-refractivity contribution is -0.128. The third-order valence-corrected chi connectivity index (χ3v) is 5.98. The van der Waals surface area contributed by atoms with Crippen molar-refractivity contribution in [3.05, 3.63) is 65.2 Å². The van der Waals surface area contributed by atoms with E-state index in [1.807, 2.05) is 4.90 Å². The van der Waals surface area contributed by atoms with Crippen LogP contribution in [0.25, 0.3) is 0 Å². The molecule has 1 amide bonds. The summed E-state index contributed by atoms with van der Waals surface area (Å²) in [7, 11) is 0. The zero-order valence-electron chi connectivity index (χ0n) is 15.8. The van der Waals surface area contributed by atoms with Crippen molar-refractivity contribution in [2.45, 2.75) is 31.7 Å². The van der Waals surface area contributed by atoms with Crippen molar-refractivity contribution < 1.29 is 4.79 Å². The number of thioether (sulfide) groups is 1. The number of carbonyl (C=O) groups excluding carboxylic acids is 1. The third kappa shape index (κ3) is 5.36. The van der Waals surface area contributed by atoms with Gasteiger partial charge in [-0.15, -0.1) is 11.8 Å². The van der Waals surface area contributed by atoms with Gasteiger partial charge in [-0.1, -0.05) is 42.0 Å². The van der Waals surface area contributed by atoms with E-state index in [9.17, 15) is 4.79 Å². The molecule has 26 heavy (non-hydrogen) atoms. The minimum absolute atomic E-state index is 0.258. The average Bonchev–Trinajstić information content (AvgIpc) is 2.89. The maximum atomic E-state index is 12.6. The van der Waals surface area contributed by atoms with Crippen LogP contribution < -0.4 is 0 Å². The summed E-state index contributed by atoms with van der Waals surface area (Å²) in [6.45, 7) is 8.95. The SMILES string of the molecule is Cc1ccc(SCC(=O)N2CCCN(Cc3ccccc3C)CC2)cc1. The van der Waals surface area contributed by atoms with E-state index in [1.54, 1.807) is 11.8 Å². The van der Waals surface area contributed by atoms with E-state index in [-0.39, 0.29) is 5.91 Å². The minimum Gasteiger partial charge on any atom is -0.341 e. The second kappa shape index (κ2) is 9.24. The lowest BCUT2D eigenvalue weighted by Gasteiger charge is -2.22. The van der Waals surface area contributed by atoms with Gasteiger partial charge < -0.3 is 4.90 Å². The summed E-state index contributed by atoms with van der Waals surface area (Å²) in [6, 6.07) is 17.0. The molecule has 1 saturated heterocycles. The van der Waals surface area contributed by atoms with Crippen LogP contribution in [0.2, 0.25) is 0 Å². The number of rotatable bonds is 5. The molecule has 0 N–H and O–H groups in total. The molecule has 3 rings (SSSR count). The van der Waals surface area contributed by atoms with Crippen molar-refractivity contribution in [1.82, 2.24) is 9.80 Å². The van der Waals surface area contributed by atoms with Gasteiger partial charge in [0.15, 0.2) is 0 Å². The lowest BCUT2D eigenvalue weighted by atomic mass is 10.1. The highest BCUT2D eigenvalue weighted by molar-refractivity contribution is 8.00. The van der Waals surface area contributed by atoms with E-state index in [0.29, 0.717) is 5.75 Å². The largest absolute Gasteiger partial charge is 0.341 e. The summed E-state index contributed by atoms with van der Waals surface area (Å²) in [5, 5.41) is 0. The van der Waals surface area contributed by atoms with Gasteiger partial charge in [0.1, 0.15) is 0 Å². The van der Waals surface area contributed by atoms with E-state index >= 15 is 0 Å². The van der Waals surface area contributed by atoms with Crippen molar-refractivity contribution in [3.63, 3.8) is 0 Å². The summed E-state index contributed by atoms with van der Waals surface area (Å²) >= 11 is 1.64. The minimum atomic E-state index is 0.258. The fourth-order valence-corrected chi connectivity index (χ4v) is 4.08. The molecule has 1 heterocycles. The highest BCUT2D eigenvalue weighted by Crippen LogP contribution is 2.19. The maximum absolute atomic E-state index is 12.6. The first kappa shape index (κ1) is 19.0. The normalized spacial score (nSPS) is 15.7. The van der Waals surface area contributed by atoms with Gasteiger partial charge in [-0.3, -0.25) is 9.69 Å². The molecule has 0 unspecified atom stereocenters. The smallest absolute Gasteiger partial charge is 0.232 e. The highest BCUT2D eigenvalue weighted by Gasteiger charge is 2.19. The molecule has 0 radical (unpaired) electrons. The summed E-state index contributed by atoms with van der Waals surface area (Å²) in [6.07, 6.45) is 1.05. The van der Waals surface area contributed by atoms with Crippen molar-refractivity contribution in [2.75, 3.05) is 31.9 Å². The van der Waals surface area contributed by atoms with E-state index in [1.165, 1.54) is 21.6 Å². The first-order valence-electron chi connectivity index (χ1n) is 9.36. The van der Waals surface area contributed by atoms with E-state index in [2.05, 4.69) is 67.3 Å². The van der Waals surface area contributed by atoms with E-state index in [4.69, 9.17) is 0 Å². The molecule has 0 aromatic heterocycles. The molecule has 4 heteroatoms. The quantitative estimate of drug-likeness (QED) is 0.742. The number of carbonyl (C=O) groups is 1. The zero-order valence-corrected chi connectivity index (χ0v) is 16.6. The summed E-state index contributed by atoms with van der Waals surface area (Å²) < 4.78 is 0. The topological polar surface area (TPSA) is 23.6 Å². The standard InChI is InChI=1S/C22H28N2OS/c1-18-8-10-21(11-9-18)26-17-22(25)24-13-5-12-23(14-15-24)16-20-7-4-3-6-19(20)2/h3-4,6-11H,5,12-17H2,1-2H3. The van der Waals surface area contributed by atoms with Crippen LogP contribution in [0.1, 0.15) is 23.1 Å². The second-order valence-electron chi connectivity index (χ2n) is 7.04. The van der Waals surface area contributed by atoms with Crippen LogP contribution in [0, 0.1) is 13.8 Å². The van der Waals surface area contributed by atoms with Crippen molar-refractivity contribution >= 4 is 17.7 Å². The number of amides is 1. The molecule has 0 atom stereocenters. The molecule has 0 saturated carbocycles. The number of benzene rings is 2. The molecule has 138 valence electrons. The highest BCUT2D eigenvalue weighted by atomic mass is 32.2. The van der Waals surface area contributed by atoms with Crippen LogP contribution in [-0.4, -0.2) is 47.6 Å². The Labute approximate surface area is 161 Å². The van der Waals surface area contributed by atoms with Crippen LogP contribution in [-0.2, 0) is 11.3 Å². The van der Waals surface area contributed by atoms with Gasteiger partial charge >= 0.3 is 0 Å². The molecule has 0 aliphatic carbocycles. The van der Waals surface area contributed by atoms with Gasteiger partial charge in [0, 0.05) is 37.6 Å². The molecular formula is C22H28N2OS. The first-order valence-corrected chi connectivity index (χ1v) is 10.3. The van der Waals surface area contributed by atoms with Crippen LogP contribution in [0.4, 0.5) is 0 Å². The lowest BCUT2D eigenvalue weighted by Crippen LogP contribution is -2.36. The Kier molecular flexibility index (Phi) is 6.75. The number of hydrogen-bond donors (Lipinski definition) is 0. The summed E-state index contributed by atoms with van der Waals surface area (Å²) in [4.78, 5) is 18.3. The Morgan fingerprint density at radius 1 is 0.962 bits per heavy atom. The predicted molar refractivity (Wildman–Crippen MR) is 110 cm³/mol. The average molecular weight is 369 g/mol. The van der Waals surface area contributed by atoms with Gasteiger partial charge in [-0.25, -0.2) is 0 Å². The molecule has 2 aromatic rings. The van der Waals surface area contributed by atoms with Crippen molar-refractivity contribution in [3.8, 4) is 0 Å². The predicted octanol–water partition coefficient (Wildman–Crippen LogP) is 4.13. The summed E-state index contributed by atoms with van der Waals surface area (Å²) in [5.41, 5.74) is 3.99. The van der Waals surface area contributed by atoms with Gasteiger partial charge in [0.25, 0.3) is 0 Å². The number of hydrogen-bond acceptors (Lipinski definition) is 3. The van der Waals surface area contributed by atoms with Crippen LogP contribution >= 0.6 is 11.8 Å². The first-order chi connectivity index (χ1) is 12.6. The van der Waals surface area contributed by atoms with Crippen molar-refractivity contribution in [1.29, 1.82) is 0 Å². The zero-order chi connectivity index (χ0) is 18.4. The second-order valence-corrected chi connectivity index (χ2v) is 8.09. The van der Waals surface area contributed by atoms with Gasteiger partial charge in [-0.05, 0) is 43.5 Å². The molecule has 0 bridgehead atoms. The third-order valence-electron chi connectivity index (χ3n) is 4.98. The Morgan fingerprint density at radius 3 is 2.50 bits per heavy atom. The van der Waals surface area contributed by atoms with E-state index in [0.717, 1.165) is 39.1 Å². The molecule has 0 spiro atoms. The Balaban J connectivity index is 1.49. The van der Waals surface area contributed by atoms with Gasteiger partial charge in [-0.2, -0.15) is 0 Å². The fraction of sp³-hybridized carbons (Fsp3) is 0.409. The fourth-order valence-electron chi connectivity index (χ4n) is 3.28. The van der Waals surface area contributed by atoms with E-state index < -0.39 is 0 Å². The summed E-state index contributed by atoms with van der Waals surface area (Å²) in [5.74, 6) is 0.786. The van der Waals surface area contributed by atoms with Crippen molar-refractivity contribution in [2.24, 2.45) is 0 Å². The van der Waals surface area contributed by atoms with Crippen LogP contribution in [0.3, 0.4) is 0 Å². The van der Waals surface area contributed by atoms with Gasteiger partial charge in [0.2, 0.25) is 5.91 Å². The number of nitrogens with zero attached hydrogens (tertiary/aromatic N) is 2. The Morgan fingerprint density at radius 2 is 1.73 bits per heavy atom. The van der Waals surface area contributed by atoms with Gasteiger partial charge in [0.05, 0.1) is 5.75 Å². The molecule has 2 aromatic carbocycles. The molecule has 1 aliphatic rings.